The minimum Gasteiger partial charge on any atom is -0.330 e. The van der Waals surface area contributed by atoms with E-state index >= 15 is 0 Å². The standard InChI is InChI=1S/C14H19Cl2NO/c1-10(7-8-17)5-6-12(18)9-11-3-2-4-13(15)14(11)16/h2-4,10H,5-9,17H2,1H3. The van der Waals surface area contributed by atoms with Crippen molar-refractivity contribution in [3.8, 4) is 0 Å². The molecule has 0 aliphatic carbocycles. The smallest absolute Gasteiger partial charge is 0.137 e. The van der Waals surface area contributed by atoms with Gasteiger partial charge in [-0.3, -0.25) is 4.79 Å². The molecule has 0 radical (unpaired) electrons. The van der Waals surface area contributed by atoms with Crippen LogP contribution in [0.25, 0.3) is 0 Å². The van der Waals surface area contributed by atoms with E-state index < -0.39 is 0 Å². The van der Waals surface area contributed by atoms with Crippen molar-refractivity contribution in [2.45, 2.75) is 32.6 Å². The van der Waals surface area contributed by atoms with Crippen molar-refractivity contribution in [3.05, 3.63) is 33.8 Å². The zero-order chi connectivity index (χ0) is 13.5. The topological polar surface area (TPSA) is 43.1 Å². The van der Waals surface area contributed by atoms with Gasteiger partial charge in [-0.25, -0.2) is 0 Å². The monoisotopic (exact) mass is 287 g/mol. The number of benzene rings is 1. The fourth-order valence-corrected chi connectivity index (χ4v) is 2.21. The van der Waals surface area contributed by atoms with Gasteiger partial charge in [0.05, 0.1) is 10.0 Å². The first-order chi connectivity index (χ1) is 8.54. The molecule has 1 aromatic rings. The van der Waals surface area contributed by atoms with Crippen molar-refractivity contribution in [2.75, 3.05) is 6.54 Å². The molecule has 1 unspecified atom stereocenters. The summed E-state index contributed by atoms with van der Waals surface area (Å²) in [5.41, 5.74) is 6.28. The maximum absolute atomic E-state index is 11.9. The molecule has 0 saturated heterocycles. The van der Waals surface area contributed by atoms with Crippen LogP contribution in [-0.4, -0.2) is 12.3 Å². The molecule has 0 fully saturated rings. The van der Waals surface area contributed by atoms with E-state index in [0.29, 0.717) is 35.3 Å². The van der Waals surface area contributed by atoms with E-state index in [9.17, 15) is 4.79 Å². The van der Waals surface area contributed by atoms with Gasteiger partial charge >= 0.3 is 0 Å². The SMILES string of the molecule is CC(CCN)CCC(=O)Cc1cccc(Cl)c1Cl. The largest absolute Gasteiger partial charge is 0.330 e. The van der Waals surface area contributed by atoms with Crippen molar-refractivity contribution in [1.29, 1.82) is 0 Å². The molecule has 0 spiro atoms. The lowest BCUT2D eigenvalue weighted by molar-refractivity contribution is -0.118. The van der Waals surface area contributed by atoms with Crippen LogP contribution in [0.15, 0.2) is 18.2 Å². The lowest BCUT2D eigenvalue weighted by Gasteiger charge is -2.09. The second-order valence-electron chi connectivity index (χ2n) is 4.65. The van der Waals surface area contributed by atoms with Crippen LogP contribution in [0.1, 0.15) is 31.7 Å². The van der Waals surface area contributed by atoms with Crippen molar-refractivity contribution < 1.29 is 4.79 Å². The zero-order valence-corrected chi connectivity index (χ0v) is 12.1. The van der Waals surface area contributed by atoms with E-state index in [1.54, 1.807) is 6.07 Å². The molecule has 1 rings (SSSR count). The highest BCUT2D eigenvalue weighted by Crippen LogP contribution is 2.26. The molecule has 1 atom stereocenters. The van der Waals surface area contributed by atoms with E-state index in [-0.39, 0.29) is 5.78 Å². The quantitative estimate of drug-likeness (QED) is 0.827. The molecule has 0 saturated carbocycles. The lowest BCUT2D eigenvalue weighted by Crippen LogP contribution is -2.09. The van der Waals surface area contributed by atoms with Crippen LogP contribution in [-0.2, 0) is 11.2 Å². The van der Waals surface area contributed by atoms with Gasteiger partial charge in [0, 0.05) is 12.8 Å². The fourth-order valence-electron chi connectivity index (χ4n) is 1.82. The van der Waals surface area contributed by atoms with Gasteiger partial charge in [-0.15, -0.1) is 0 Å². The summed E-state index contributed by atoms with van der Waals surface area (Å²) >= 11 is 12.0. The average molecular weight is 288 g/mol. The second-order valence-corrected chi connectivity index (χ2v) is 5.43. The van der Waals surface area contributed by atoms with Crippen molar-refractivity contribution in [1.82, 2.24) is 0 Å². The van der Waals surface area contributed by atoms with Gasteiger partial charge in [0.25, 0.3) is 0 Å². The molecule has 0 bridgehead atoms. The third-order valence-electron chi connectivity index (χ3n) is 2.99. The van der Waals surface area contributed by atoms with Crippen molar-refractivity contribution >= 4 is 29.0 Å². The molecule has 0 aliphatic heterocycles. The van der Waals surface area contributed by atoms with Crippen LogP contribution in [0, 0.1) is 5.92 Å². The maximum atomic E-state index is 11.9. The Morgan fingerprint density at radius 3 is 2.72 bits per heavy atom. The van der Waals surface area contributed by atoms with E-state index in [0.717, 1.165) is 18.4 Å². The molecular formula is C14H19Cl2NO. The number of carbonyl (C=O) groups excluding carboxylic acids is 1. The van der Waals surface area contributed by atoms with Crippen LogP contribution in [0.5, 0.6) is 0 Å². The van der Waals surface area contributed by atoms with Crippen molar-refractivity contribution in [3.63, 3.8) is 0 Å². The lowest BCUT2D eigenvalue weighted by atomic mass is 9.98. The molecule has 1 aromatic carbocycles. The molecule has 2 nitrogen and oxygen atoms in total. The first kappa shape index (κ1) is 15.5. The molecular weight excluding hydrogens is 269 g/mol. The predicted molar refractivity (Wildman–Crippen MR) is 77.2 cm³/mol. The molecule has 0 amide bonds. The number of hydrogen-bond acceptors (Lipinski definition) is 2. The summed E-state index contributed by atoms with van der Waals surface area (Å²) in [5, 5.41) is 0.987. The van der Waals surface area contributed by atoms with Gasteiger partial charge in [-0.05, 0) is 36.9 Å². The average Bonchev–Trinajstić information content (AvgIpc) is 2.33. The Balaban J connectivity index is 2.47. The van der Waals surface area contributed by atoms with Crippen LogP contribution in [0.4, 0.5) is 0 Å². The molecule has 100 valence electrons. The Labute approximate surface area is 118 Å². The minimum absolute atomic E-state index is 0.197. The number of ketones is 1. The van der Waals surface area contributed by atoms with Gasteiger partial charge in [0.1, 0.15) is 5.78 Å². The normalized spacial score (nSPS) is 12.4. The highest BCUT2D eigenvalue weighted by Gasteiger charge is 2.11. The number of Topliss-reactive ketones (excluding diaryl/α,β-unsaturated/α-hetero) is 1. The second kappa shape index (κ2) is 7.78. The summed E-state index contributed by atoms with van der Waals surface area (Å²) in [6.07, 6.45) is 2.78. The number of hydrogen-bond donors (Lipinski definition) is 1. The van der Waals surface area contributed by atoms with Crippen LogP contribution in [0.2, 0.25) is 10.0 Å². The predicted octanol–water partition coefficient (Wildman–Crippen LogP) is 3.87. The number of halogens is 2. The first-order valence-corrected chi connectivity index (χ1v) is 6.94. The van der Waals surface area contributed by atoms with E-state index in [1.807, 2.05) is 12.1 Å². The van der Waals surface area contributed by atoms with Gasteiger partial charge in [-0.2, -0.15) is 0 Å². The fraction of sp³-hybridized carbons (Fsp3) is 0.500. The molecule has 18 heavy (non-hydrogen) atoms. The highest BCUT2D eigenvalue weighted by atomic mass is 35.5. The summed E-state index contributed by atoms with van der Waals surface area (Å²) in [5.74, 6) is 0.692. The zero-order valence-electron chi connectivity index (χ0n) is 10.6. The minimum atomic E-state index is 0.197. The summed E-state index contributed by atoms with van der Waals surface area (Å²) in [4.78, 5) is 11.9. The summed E-state index contributed by atoms with van der Waals surface area (Å²) in [7, 11) is 0. The number of nitrogens with two attached hydrogens (primary N) is 1. The van der Waals surface area contributed by atoms with Gasteiger partial charge in [-0.1, -0.05) is 42.3 Å². The van der Waals surface area contributed by atoms with Crippen LogP contribution < -0.4 is 5.73 Å². The van der Waals surface area contributed by atoms with E-state index in [1.165, 1.54) is 0 Å². The Kier molecular flexibility index (Phi) is 6.69. The molecule has 0 aromatic heterocycles. The van der Waals surface area contributed by atoms with E-state index in [4.69, 9.17) is 28.9 Å². The summed E-state index contributed by atoms with van der Waals surface area (Å²) in [6, 6.07) is 5.38. The van der Waals surface area contributed by atoms with Crippen molar-refractivity contribution in [2.24, 2.45) is 11.7 Å². The third kappa shape index (κ3) is 4.97. The third-order valence-corrected chi connectivity index (χ3v) is 3.85. The molecule has 0 aliphatic rings. The van der Waals surface area contributed by atoms with Gasteiger partial charge in [0.15, 0.2) is 0 Å². The summed E-state index contributed by atoms with van der Waals surface area (Å²) < 4.78 is 0. The Hall–Kier alpha value is -0.570. The Morgan fingerprint density at radius 1 is 1.33 bits per heavy atom. The van der Waals surface area contributed by atoms with Crippen LogP contribution >= 0.6 is 23.2 Å². The number of rotatable bonds is 7. The number of carbonyl (C=O) groups is 1. The van der Waals surface area contributed by atoms with E-state index in [2.05, 4.69) is 6.92 Å². The van der Waals surface area contributed by atoms with Gasteiger partial charge < -0.3 is 5.73 Å². The molecule has 0 heterocycles. The summed E-state index contributed by atoms with van der Waals surface area (Å²) in [6.45, 7) is 2.79. The van der Waals surface area contributed by atoms with Gasteiger partial charge in [0.2, 0.25) is 0 Å². The Bertz CT molecular complexity index is 407. The molecule has 4 heteroatoms. The first-order valence-electron chi connectivity index (χ1n) is 6.19. The van der Waals surface area contributed by atoms with Crippen LogP contribution in [0.3, 0.4) is 0 Å². The maximum Gasteiger partial charge on any atom is 0.137 e. The molecule has 2 N–H and O–H groups in total. The highest BCUT2D eigenvalue weighted by molar-refractivity contribution is 6.42. The Morgan fingerprint density at radius 2 is 2.06 bits per heavy atom.